The number of aryl methyl sites for hydroxylation is 1. The van der Waals surface area contributed by atoms with E-state index in [1.54, 1.807) is 12.1 Å². The smallest absolute Gasteiger partial charge is 0.252 e. The number of nitrogens with zero attached hydrogens (tertiary/aromatic N) is 1. The van der Waals surface area contributed by atoms with Crippen molar-refractivity contribution in [1.29, 1.82) is 0 Å². The Labute approximate surface area is 168 Å². The number of carbonyl (C=O) groups is 1. The molecular weight excluding hydrogens is 408 g/mol. The lowest BCUT2D eigenvalue weighted by Gasteiger charge is -2.33. The number of piperidine rings is 1. The molecule has 0 radical (unpaired) electrons. The standard InChI is InChI=1S/C18H23ClN2O4S2/c1-12-3-4-15(25-12)11-20-18(22)13(2)14-7-9-21(10-8-14)27(23,24)17-6-5-16(19)26-17/h3-6,13-14H,7-11H2,1-2H3,(H,20,22)/t13-/m0/s1. The number of nitrogens with one attached hydrogen (secondary N) is 1. The van der Waals surface area contributed by atoms with Gasteiger partial charge in [-0.1, -0.05) is 18.5 Å². The lowest BCUT2D eigenvalue weighted by molar-refractivity contribution is -0.126. The Kier molecular flexibility index (Phi) is 6.30. The normalized spacial score (nSPS) is 17.7. The lowest BCUT2D eigenvalue weighted by atomic mass is 9.85. The molecule has 0 saturated carbocycles. The fraction of sp³-hybridized carbons (Fsp3) is 0.500. The highest BCUT2D eigenvalue weighted by atomic mass is 35.5. The molecule has 1 N–H and O–H groups in total. The maximum Gasteiger partial charge on any atom is 0.252 e. The van der Waals surface area contributed by atoms with Crippen LogP contribution >= 0.6 is 22.9 Å². The van der Waals surface area contributed by atoms with E-state index in [2.05, 4.69) is 5.32 Å². The molecule has 3 rings (SSSR count). The summed E-state index contributed by atoms with van der Waals surface area (Å²) in [5, 5.41) is 2.90. The van der Waals surface area contributed by atoms with Crippen LogP contribution in [0.4, 0.5) is 0 Å². The van der Waals surface area contributed by atoms with Crippen molar-refractivity contribution in [3.63, 3.8) is 0 Å². The van der Waals surface area contributed by atoms with Crippen LogP contribution in [-0.4, -0.2) is 31.7 Å². The van der Waals surface area contributed by atoms with E-state index < -0.39 is 10.0 Å². The van der Waals surface area contributed by atoms with Crippen molar-refractivity contribution in [2.75, 3.05) is 13.1 Å². The molecule has 9 heteroatoms. The van der Waals surface area contributed by atoms with Gasteiger partial charge < -0.3 is 9.73 Å². The van der Waals surface area contributed by atoms with Gasteiger partial charge in [0.05, 0.1) is 10.9 Å². The number of rotatable bonds is 6. The zero-order chi connectivity index (χ0) is 19.6. The number of sulfonamides is 1. The monoisotopic (exact) mass is 430 g/mol. The maximum atomic E-state index is 12.7. The van der Waals surface area contributed by atoms with Gasteiger partial charge in [0.25, 0.3) is 10.0 Å². The molecule has 0 spiro atoms. The van der Waals surface area contributed by atoms with Crippen molar-refractivity contribution in [2.24, 2.45) is 11.8 Å². The van der Waals surface area contributed by atoms with Crippen molar-refractivity contribution < 1.29 is 17.6 Å². The molecule has 3 heterocycles. The van der Waals surface area contributed by atoms with Gasteiger partial charge in [-0.2, -0.15) is 4.31 Å². The number of halogens is 1. The lowest BCUT2D eigenvalue weighted by Crippen LogP contribution is -2.42. The summed E-state index contributed by atoms with van der Waals surface area (Å²) in [6.45, 7) is 4.95. The number of hydrogen-bond donors (Lipinski definition) is 1. The van der Waals surface area contributed by atoms with Gasteiger partial charge in [-0.3, -0.25) is 4.79 Å². The Balaban J connectivity index is 1.52. The van der Waals surface area contributed by atoms with Crippen LogP contribution in [0.1, 0.15) is 31.3 Å². The van der Waals surface area contributed by atoms with E-state index >= 15 is 0 Å². The molecule has 0 aromatic carbocycles. The Morgan fingerprint density at radius 3 is 2.59 bits per heavy atom. The van der Waals surface area contributed by atoms with Gasteiger partial charge in [0.1, 0.15) is 15.7 Å². The number of amides is 1. The van der Waals surface area contributed by atoms with Crippen LogP contribution in [0.2, 0.25) is 4.34 Å². The molecule has 0 aliphatic carbocycles. The second-order valence-electron chi connectivity index (χ2n) is 6.82. The molecule has 0 bridgehead atoms. The van der Waals surface area contributed by atoms with Gasteiger partial charge in [-0.05, 0) is 49.9 Å². The van der Waals surface area contributed by atoms with Gasteiger partial charge in [0, 0.05) is 19.0 Å². The highest BCUT2D eigenvalue weighted by Crippen LogP contribution is 2.32. The molecule has 6 nitrogen and oxygen atoms in total. The number of furan rings is 1. The summed E-state index contributed by atoms with van der Waals surface area (Å²) in [5.74, 6) is 1.48. The van der Waals surface area contributed by atoms with Crippen molar-refractivity contribution in [1.82, 2.24) is 9.62 Å². The fourth-order valence-electron chi connectivity index (χ4n) is 3.31. The minimum absolute atomic E-state index is 0.0320. The molecule has 27 heavy (non-hydrogen) atoms. The number of carbonyl (C=O) groups excluding carboxylic acids is 1. The Hall–Kier alpha value is -1.35. The Morgan fingerprint density at radius 2 is 2.04 bits per heavy atom. The summed E-state index contributed by atoms with van der Waals surface area (Å²) in [7, 11) is -3.50. The first-order chi connectivity index (χ1) is 12.8. The first-order valence-corrected chi connectivity index (χ1v) is 11.5. The van der Waals surface area contributed by atoms with E-state index in [-0.39, 0.29) is 22.0 Å². The third kappa shape index (κ3) is 4.74. The average Bonchev–Trinajstić information content (AvgIpc) is 3.27. The fourth-order valence-corrected chi connectivity index (χ4v) is 6.42. The quantitative estimate of drug-likeness (QED) is 0.758. The Morgan fingerprint density at radius 1 is 1.33 bits per heavy atom. The first-order valence-electron chi connectivity index (χ1n) is 8.86. The average molecular weight is 431 g/mol. The van der Waals surface area contributed by atoms with Crippen molar-refractivity contribution in [2.45, 2.75) is 37.4 Å². The minimum Gasteiger partial charge on any atom is -0.465 e. The van der Waals surface area contributed by atoms with Gasteiger partial charge in [0.15, 0.2) is 0 Å². The molecule has 2 aromatic heterocycles. The van der Waals surface area contributed by atoms with Crippen LogP contribution < -0.4 is 5.32 Å². The molecule has 1 fully saturated rings. The van der Waals surface area contributed by atoms with Crippen LogP contribution in [0.3, 0.4) is 0 Å². The summed E-state index contributed by atoms with van der Waals surface area (Å²) >= 11 is 6.93. The summed E-state index contributed by atoms with van der Waals surface area (Å²) in [6.07, 6.45) is 1.32. The zero-order valence-electron chi connectivity index (χ0n) is 15.3. The van der Waals surface area contributed by atoms with Gasteiger partial charge in [-0.15, -0.1) is 11.3 Å². The van der Waals surface area contributed by atoms with Crippen molar-refractivity contribution in [3.05, 3.63) is 40.1 Å². The zero-order valence-corrected chi connectivity index (χ0v) is 17.7. The van der Waals surface area contributed by atoms with Crippen LogP contribution in [-0.2, 0) is 21.4 Å². The van der Waals surface area contributed by atoms with E-state index in [0.717, 1.165) is 22.9 Å². The van der Waals surface area contributed by atoms with Gasteiger partial charge in [-0.25, -0.2) is 8.42 Å². The van der Waals surface area contributed by atoms with E-state index in [9.17, 15) is 13.2 Å². The van der Waals surface area contributed by atoms with Gasteiger partial charge in [0.2, 0.25) is 5.91 Å². The summed E-state index contributed by atoms with van der Waals surface area (Å²) in [5.41, 5.74) is 0. The molecule has 1 aliphatic heterocycles. The molecule has 1 atom stereocenters. The minimum atomic E-state index is -3.50. The van der Waals surface area contributed by atoms with Crippen LogP contribution in [0.5, 0.6) is 0 Å². The topological polar surface area (TPSA) is 79.6 Å². The second-order valence-corrected chi connectivity index (χ2v) is 10.7. The van der Waals surface area contributed by atoms with Gasteiger partial charge >= 0.3 is 0 Å². The highest BCUT2D eigenvalue weighted by molar-refractivity contribution is 7.91. The summed E-state index contributed by atoms with van der Waals surface area (Å²) < 4.78 is 33.0. The summed E-state index contributed by atoms with van der Waals surface area (Å²) in [4.78, 5) is 12.4. The van der Waals surface area contributed by atoms with E-state index in [1.165, 1.54) is 4.31 Å². The van der Waals surface area contributed by atoms with Crippen LogP contribution in [0.15, 0.2) is 32.9 Å². The predicted octanol–water partition coefficient (Wildman–Crippen LogP) is 3.66. The van der Waals surface area contributed by atoms with Crippen molar-refractivity contribution in [3.8, 4) is 0 Å². The molecule has 0 unspecified atom stereocenters. The maximum absolute atomic E-state index is 12.7. The SMILES string of the molecule is Cc1ccc(CNC(=O)[C@@H](C)C2CCN(S(=O)(=O)c3ccc(Cl)s3)CC2)o1. The largest absolute Gasteiger partial charge is 0.465 e. The number of hydrogen-bond acceptors (Lipinski definition) is 5. The molecule has 2 aromatic rings. The first kappa shape index (κ1) is 20.4. The molecule has 148 valence electrons. The van der Waals surface area contributed by atoms with Crippen LogP contribution in [0, 0.1) is 18.8 Å². The van der Waals surface area contributed by atoms with E-state index in [4.69, 9.17) is 16.0 Å². The third-order valence-corrected chi connectivity index (χ3v) is 8.59. The number of thiophene rings is 1. The van der Waals surface area contributed by atoms with Crippen LogP contribution in [0.25, 0.3) is 0 Å². The highest BCUT2D eigenvalue weighted by Gasteiger charge is 2.34. The van der Waals surface area contributed by atoms with E-state index in [0.29, 0.717) is 36.8 Å². The molecular formula is C18H23ClN2O4S2. The molecule has 1 aliphatic rings. The summed E-state index contributed by atoms with van der Waals surface area (Å²) in [6, 6.07) is 6.85. The second kappa shape index (κ2) is 8.34. The Bertz CT molecular complexity index is 898. The molecule has 1 amide bonds. The van der Waals surface area contributed by atoms with E-state index in [1.807, 2.05) is 26.0 Å². The van der Waals surface area contributed by atoms with Crippen molar-refractivity contribution >= 4 is 38.9 Å². The third-order valence-electron chi connectivity index (χ3n) is 4.99. The molecule has 1 saturated heterocycles. The predicted molar refractivity (Wildman–Crippen MR) is 105 cm³/mol.